The van der Waals surface area contributed by atoms with Gasteiger partial charge in [0.25, 0.3) is 7.82 Å². The molecule has 0 spiro atoms. The first-order valence-corrected chi connectivity index (χ1v) is 40.0. The van der Waals surface area contributed by atoms with Crippen molar-refractivity contribution in [1.29, 1.82) is 0 Å². The van der Waals surface area contributed by atoms with Crippen molar-refractivity contribution >= 4 is 19.8 Å². The van der Waals surface area contributed by atoms with E-state index in [1.54, 1.807) is 0 Å². The number of phosphoric ester groups is 1. The van der Waals surface area contributed by atoms with Gasteiger partial charge in [0, 0.05) is 12.8 Å². The monoisotopic (exact) mass is 1270 g/mol. The Bertz CT molecular complexity index is 1690. The molecular formula is C79H148NO8P. The molecule has 0 aromatic heterocycles. The Labute approximate surface area is 553 Å². The van der Waals surface area contributed by atoms with Crippen molar-refractivity contribution in [2.24, 2.45) is 0 Å². The van der Waals surface area contributed by atoms with Crippen LogP contribution in [-0.2, 0) is 32.7 Å². The fraction of sp³-hybridized carbons (Fsp3) is 0.848. The third kappa shape index (κ3) is 74.6. The normalized spacial score (nSPS) is 13.4. The van der Waals surface area contributed by atoms with E-state index in [0.29, 0.717) is 17.4 Å². The number of carbonyl (C=O) groups excluding carboxylic acids is 2. The quantitative estimate of drug-likeness (QED) is 0.0195. The van der Waals surface area contributed by atoms with E-state index >= 15 is 0 Å². The Kier molecular flexibility index (Phi) is 68.2. The fourth-order valence-corrected chi connectivity index (χ4v) is 12.2. The molecule has 0 rings (SSSR count). The molecule has 522 valence electrons. The van der Waals surface area contributed by atoms with Crippen LogP contribution >= 0.6 is 7.82 Å². The molecule has 2 unspecified atom stereocenters. The lowest BCUT2D eigenvalue weighted by molar-refractivity contribution is -0.870. The van der Waals surface area contributed by atoms with Gasteiger partial charge in [-0.25, -0.2) is 0 Å². The second kappa shape index (κ2) is 70.0. The first-order valence-electron chi connectivity index (χ1n) is 38.5. The standard InChI is InChI=1S/C79H148NO8P/c1-6-8-10-12-14-16-18-20-22-24-26-28-30-32-34-35-36-37-38-39-40-41-42-43-44-46-47-49-51-53-55-57-59-61-63-65-67-69-71-78(81)85-75-77(76-87-89(83,84)86-74-73-80(3,4)5)88-79(82)72-70-68-66-64-62-60-58-56-54-52-50-48-45-33-31-29-27-25-23-21-19-17-15-13-11-9-7-2/h9,11,15,17,21,23,27,29,33,45,77H,6-8,10,12-14,16,18-20,22,24-26,28,30-32,34-44,46-76H2,1-5H3/b11-9-,17-15-,23-21-,29-27-,45-33-. The maximum atomic E-state index is 12.9. The average molecular weight is 1270 g/mol. The van der Waals surface area contributed by atoms with Gasteiger partial charge in [-0.05, 0) is 57.8 Å². The highest BCUT2D eigenvalue weighted by atomic mass is 31.2. The molecule has 0 fully saturated rings. The third-order valence-electron chi connectivity index (χ3n) is 17.3. The number of phosphoric acid groups is 1. The van der Waals surface area contributed by atoms with Crippen LogP contribution in [0.1, 0.15) is 380 Å². The van der Waals surface area contributed by atoms with Gasteiger partial charge in [0.05, 0.1) is 27.7 Å². The van der Waals surface area contributed by atoms with Crippen molar-refractivity contribution in [3.05, 3.63) is 60.8 Å². The predicted molar refractivity (Wildman–Crippen MR) is 383 cm³/mol. The van der Waals surface area contributed by atoms with Crippen LogP contribution in [0.5, 0.6) is 0 Å². The Morgan fingerprint density at radius 1 is 0.360 bits per heavy atom. The van der Waals surface area contributed by atoms with E-state index in [1.165, 1.54) is 270 Å². The molecule has 0 heterocycles. The second-order valence-electron chi connectivity index (χ2n) is 27.4. The summed E-state index contributed by atoms with van der Waals surface area (Å²) in [6.45, 7) is 4.18. The number of unbranched alkanes of at least 4 members (excludes halogenated alkanes) is 48. The molecule has 0 saturated carbocycles. The van der Waals surface area contributed by atoms with Gasteiger partial charge in [0.1, 0.15) is 19.8 Å². The maximum absolute atomic E-state index is 12.9. The topological polar surface area (TPSA) is 111 Å². The number of esters is 2. The smallest absolute Gasteiger partial charge is 0.306 e. The van der Waals surface area contributed by atoms with Crippen molar-refractivity contribution in [2.45, 2.75) is 386 Å². The average Bonchev–Trinajstić information content (AvgIpc) is 3.60. The summed E-state index contributed by atoms with van der Waals surface area (Å²) >= 11 is 0. The van der Waals surface area contributed by atoms with Crippen LogP contribution in [0.15, 0.2) is 60.8 Å². The van der Waals surface area contributed by atoms with E-state index in [0.717, 1.165) is 77.0 Å². The summed E-state index contributed by atoms with van der Waals surface area (Å²) < 4.78 is 34.4. The van der Waals surface area contributed by atoms with E-state index in [1.807, 2.05) is 21.1 Å². The van der Waals surface area contributed by atoms with Crippen LogP contribution < -0.4 is 4.89 Å². The molecule has 0 N–H and O–H groups in total. The molecule has 0 aromatic carbocycles. The number of hydrogen-bond acceptors (Lipinski definition) is 8. The maximum Gasteiger partial charge on any atom is 0.306 e. The number of rotatable bonds is 72. The molecule has 0 amide bonds. The van der Waals surface area contributed by atoms with Crippen molar-refractivity contribution in [3.8, 4) is 0 Å². The number of nitrogens with zero attached hydrogens (tertiary/aromatic N) is 1. The zero-order chi connectivity index (χ0) is 64.8. The highest BCUT2D eigenvalue weighted by Gasteiger charge is 2.22. The molecule has 9 nitrogen and oxygen atoms in total. The third-order valence-corrected chi connectivity index (χ3v) is 18.3. The number of hydrogen-bond donors (Lipinski definition) is 0. The van der Waals surface area contributed by atoms with E-state index < -0.39 is 26.5 Å². The van der Waals surface area contributed by atoms with Gasteiger partial charge < -0.3 is 27.9 Å². The summed E-state index contributed by atoms with van der Waals surface area (Å²) in [6, 6.07) is 0. The molecule has 0 radical (unpaired) electrons. The minimum Gasteiger partial charge on any atom is -0.756 e. The highest BCUT2D eigenvalue weighted by Crippen LogP contribution is 2.38. The summed E-state index contributed by atoms with van der Waals surface area (Å²) in [6.07, 6.45) is 93.4. The number of allylic oxidation sites excluding steroid dienone is 10. The number of likely N-dealkylation sites (N-methyl/N-ethyl adjacent to an activating group) is 1. The lowest BCUT2D eigenvalue weighted by Gasteiger charge is -2.28. The van der Waals surface area contributed by atoms with Gasteiger partial charge in [-0.15, -0.1) is 0 Å². The van der Waals surface area contributed by atoms with Crippen LogP contribution in [0.2, 0.25) is 0 Å². The van der Waals surface area contributed by atoms with Gasteiger partial charge in [-0.2, -0.15) is 0 Å². The molecular weight excluding hydrogens is 1120 g/mol. The van der Waals surface area contributed by atoms with E-state index in [9.17, 15) is 19.0 Å². The van der Waals surface area contributed by atoms with Crippen molar-refractivity contribution in [2.75, 3.05) is 47.5 Å². The van der Waals surface area contributed by atoms with Gasteiger partial charge in [0.15, 0.2) is 6.10 Å². The SMILES string of the molecule is CC/C=C\C/C=C\C/C=C\C/C=C\C/C=C\CCCCCCCCCCCCCC(=O)OC(COC(=O)CCCCCCCCCCCCCCCCCCCCCCCCCCCCCCCCCCCCCCCC)COP(=O)([O-])OCC[N+](C)(C)C. The minimum absolute atomic E-state index is 0.0313. The molecule has 2 atom stereocenters. The highest BCUT2D eigenvalue weighted by molar-refractivity contribution is 7.45. The fourth-order valence-electron chi connectivity index (χ4n) is 11.5. The summed E-state index contributed by atoms with van der Waals surface area (Å²) in [5.41, 5.74) is 0. The Morgan fingerprint density at radius 3 is 0.955 bits per heavy atom. The zero-order valence-electron chi connectivity index (χ0n) is 59.6. The van der Waals surface area contributed by atoms with Crippen molar-refractivity contribution < 1.29 is 42.1 Å². The van der Waals surface area contributed by atoms with Crippen LogP contribution in [0.3, 0.4) is 0 Å². The van der Waals surface area contributed by atoms with E-state index in [4.69, 9.17) is 18.5 Å². The molecule has 0 saturated heterocycles. The van der Waals surface area contributed by atoms with Crippen LogP contribution in [0, 0.1) is 0 Å². The van der Waals surface area contributed by atoms with Gasteiger partial charge in [-0.1, -0.05) is 370 Å². The summed E-state index contributed by atoms with van der Waals surface area (Å²) in [5, 5.41) is 0. The van der Waals surface area contributed by atoms with Crippen LogP contribution in [-0.4, -0.2) is 70.0 Å². The number of ether oxygens (including phenoxy) is 2. The summed E-state index contributed by atoms with van der Waals surface area (Å²) in [5.74, 6) is -0.821. The molecule has 0 aromatic rings. The first kappa shape index (κ1) is 86.7. The van der Waals surface area contributed by atoms with Crippen molar-refractivity contribution in [1.82, 2.24) is 0 Å². The first-order chi connectivity index (χ1) is 43.5. The van der Waals surface area contributed by atoms with Crippen molar-refractivity contribution in [3.63, 3.8) is 0 Å². The second-order valence-corrected chi connectivity index (χ2v) is 28.8. The summed E-state index contributed by atoms with van der Waals surface area (Å²) in [4.78, 5) is 38.1. The zero-order valence-corrected chi connectivity index (χ0v) is 60.5. The lowest BCUT2D eigenvalue weighted by atomic mass is 10.0. The Balaban J connectivity index is 3.92. The molecule has 10 heteroatoms. The van der Waals surface area contributed by atoms with Gasteiger partial charge in [-0.3, -0.25) is 14.2 Å². The molecule has 0 bridgehead atoms. The molecule has 0 aliphatic carbocycles. The number of quaternary nitrogens is 1. The molecule has 0 aliphatic rings. The Hall–Kier alpha value is -2.29. The largest absolute Gasteiger partial charge is 0.756 e. The predicted octanol–water partition coefficient (Wildman–Crippen LogP) is 24.7. The number of carbonyl (C=O) groups is 2. The van der Waals surface area contributed by atoms with E-state index in [2.05, 4.69) is 74.6 Å². The molecule has 0 aliphatic heterocycles. The van der Waals surface area contributed by atoms with Gasteiger partial charge >= 0.3 is 11.9 Å². The minimum atomic E-state index is -4.65. The summed E-state index contributed by atoms with van der Waals surface area (Å²) in [7, 11) is 1.18. The molecule has 89 heavy (non-hydrogen) atoms. The lowest BCUT2D eigenvalue weighted by Crippen LogP contribution is -2.37. The van der Waals surface area contributed by atoms with Gasteiger partial charge in [0.2, 0.25) is 0 Å². The Morgan fingerprint density at radius 2 is 0.640 bits per heavy atom. The van der Waals surface area contributed by atoms with E-state index in [-0.39, 0.29) is 32.0 Å². The van der Waals surface area contributed by atoms with Crippen LogP contribution in [0.4, 0.5) is 0 Å². The van der Waals surface area contributed by atoms with Crippen LogP contribution in [0.25, 0.3) is 0 Å².